The summed E-state index contributed by atoms with van der Waals surface area (Å²) in [5.41, 5.74) is 7.53. The Balaban J connectivity index is 1.44. The van der Waals surface area contributed by atoms with Gasteiger partial charge in [0.1, 0.15) is 5.52 Å². The predicted molar refractivity (Wildman–Crippen MR) is 82.0 cm³/mol. The summed E-state index contributed by atoms with van der Waals surface area (Å²) in [6, 6.07) is 8.06. The van der Waals surface area contributed by atoms with E-state index in [1.165, 1.54) is 0 Å². The van der Waals surface area contributed by atoms with Crippen molar-refractivity contribution in [1.82, 2.24) is 15.2 Å². The largest absolute Gasteiger partial charge is 0.376 e. The quantitative estimate of drug-likeness (QED) is 0.814. The van der Waals surface area contributed by atoms with Gasteiger partial charge in [-0.15, -0.1) is 10.2 Å². The molecule has 21 heavy (non-hydrogen) atoms. The van der Waals surface area contributed by atoms with Gasteiger partial charge in [0.15, 0.2) is 0 Å². The van der Waals surface area contributed by atoms with Gasteiger partial charge in [-0.05, 0) is 37.8 Å². The van der Waals surface area contributed by atoms with Gasteiger partial charge in [0.25, 0.3) is 0 Å². The van der Waals surface area contributed by atoms with Crippen LogP contribution in [0.4, 0.5) is 5.95 Å². The summed E-state index contributed by atoms with van der Waals surface area (Å²) in [7, 11) is 0. The molecule has 3 N–H and O–H groups in total. The van der Waals surface area contributed by atoms with E-state index in [2.05, 4.69) is 20.5 Å². The molecule has 0 spiro atoms. The molecule has 2 aromatic rings. The maximum absolute atomic E-state index is 5.88. The minimum absolute atomic E-state index is 0.349. The molecule has 6 nitrogen and oxygen atoms in total. The summed E-state index contributed by atoms with van der Waals surface area (Å²) in [6.45, 7) is 1.33. The van der Waals surface area contributed by atoms with Crippen molar-refractivity contribution in [3.63, 3.8) is 0 Å². The standard InChI is InChI=1S/C15H21N5O/c16-11-5-7-12(8-6-11)21-10-9-17-15-18-13-3-1-2-4-14(13)19-20-15/h1-4,11-12H,5-10,16H2,(H,17,18,20). The number of nitrogens with two attached hydrogens (primary N) is 1. The van der Waals surface area contributed by atoms with Crippen LogP contribution in [0.2, 0.25) is 0 Å². The van der Waals surface area contributed by atoms with E-state index in [1.54, 1.807) is 0 Å². The monoisotopic (exact) mass is 287 g/mol. The molecular weight excluding hydrogens is 266 g/mol. The van der Waals surface area contributed by atoms with Crippen LogP contribution in [-0.2, 0) is 4.74 Å². The molecule has 0 bridgehead atoms. The fraction of sp³-hybridized carbons (Fsp3) is 0.533. The van der Waals surface area contributed by atoms with Crippen molar-refractivity contribution in [3.8, 4) is 0 Å². The molecule has 0 unspecified atom stereocenters. The third-order valence-electron chi connectivity index (χ3n) is 3.82. The second-order valence-corrected chi connectivity index (χ2v) is 5.46. The van der Waals surface area contributed by atoms with Crippen molar-refractivity contribution in [1.29, 1.82) is 0 Å². The third kappa shape index (κ3) is 3.86. The second-order valence-electron chi connectivity index (χ2n) is 5.46. The number of nitrogens with zero attached hydrogens (tertiary/aromatic N) is 3. The van der Waals surface area contributed by atoms with Crippen molar-refractivity contribution < 1.29 is 4.74 Å². The number of anilines is 1. The highest BCUT2D eigenvalue weighted by atomic mass is 16.5. The molecule has 0 radical (unpaired) electrons. The normalized spacial score (nSPS) is 22.3. The van der Waals surface area contributed by atoms with E-state index in [-0.39, 0.29) is 0 Å². The van der Waals surface area contributed by atoms with Crippen molar-refractivity contribution in [2.45, 2.75) is 37.8 Å². The topological polar surface area (TPSA) is 86.0 Å². The van der Waals surface area contributed by atoms with Crippen LogP contribution in [-0.4, -0.2) is 40.5 Å². The van der Waals surface area contributed by atoms with E-state index >= 15 is 0 Å². The van der Waals surface area contributed by atoms with E-state index < -0.39 is 0 Å². The minimum atomic E-state index is 0.349. The zero-order valence-corrected chi connectivity index (χ0v) is 12.0. The van der Waals surface area contributed by atoms with E-state index in [0.717, 1.165) is 36.7 Å². The predicted octanol–water partition coefficient (Wildman–Crippen LogP) is 1.72. The maximum Gasteiger partial charge on any atom is 0.243 e. The number of nitrogens with one attached hydrogen (secondary N) is 1. The van der Waals surface area contributed by atoms with E-state index in [0.29, 0.717) is 31.2 Å². The van der Waals surface area contributed by atoms with Gasteiger partial charge in [-0.25, -0.2) is 4.98 Å². The zero-order valence-electron chi connectivity index (χ0n) is 12.0. The summed E-state index contributed by atoms with van der Waals surface area (Å²) in [5.74, 6) is 0.544. The van der Waals surface area contributed by atoms with E-state index in [4.69, 9.17) is 10.5 Å². The van der Waals surface area contributed by atoms with Gasteiger partial charge in [0, 0.05) is 12.6 Å². The lowest BCUT2D eigenvalue weighted by atomic mass is 9.94. The van der Waals surface area contributed by atoms with Crippen molar-refractivity contribution >= 4 is 17.0 Å². The Bertz CT molecular complexity index is 583. The number of para-hydroxylation sites is 1. The maximum atomic E-state index is 5.88. The SMILES string of the molecule is NC1CCC(OCCNc2nnc3ccccc3n2)CC1. The molecule has 1 fully saturated rings. The fourth-order valence-electron chi connectivity index (χ4n) is 2.60. The van der Waals surface area contributed by atoms with Gasteiger partial charge >= 0.3 is 0 Å². The fourth-order valence-corrected chi connectivity index (χ4v) is 2.60. The van der Waals surface area contributed by atoms with Crippen LogP contribution in [0.25, 0.3) is 11.0 Å². The van der Waals surface area contributed by atoms with E-state index in [9.17, 15) is 0 Å². The van der Waals surface area contributed by atoms with Gasteiger partial charge in [0.05, 0.1) is 18.2 Å². The zero-order chi connectivity index (χ0) is 14.5. The lowest BCUT2D eigenvalue weighted by molar-refractivity contribution is 0.0312. The van der Waals surface area contributed by atoms with Crippen LogP contribution in [0.1, 0.15) is 25.7 Å². The molecule has 1 aromatic heterocycles. The Kier molecular flexibility index (Phi) is 4.57. The average Bonchev–Trinajstić information content (AvgIpc) is 2.53. The molecule has 6 heteroatoms. The number of rotatable bonds is 5. The summed E-state index contributed by atoms with van der Waals surface area (Å²) in [6.07, 6.45) is 4.61. The first-order chi connectivity index (χ1) is 10.3. The smallest absolute Gasteiger partial charge is 0.243 e. The van der Waals surface area contributed by atoms with Crippen LogP contribution in [0, 0.1) is 0 Å². The average molecular weight is 287 g/mol. The molecule has 1 saturated carbocycles. The van der Waals surface area contributed by atoms with Gasteiger partial charge < -0.3 is 15.8 Å². The first-order valence-corrected chi connectivity index (χ1v) is 7.52. The van der Waals surface area contributed by atoms with E-state index in [1.807, 2.05) is 24.3 Å². The highest BCUT2D eigenvalue weighted by Gasteiger charge is 2.18. The van der Waals surface area contributed by atoms with Crippen molar-refractivity contribution in [3.05, 3.63) is 24.3 Å². The van der Waals surface area contributed by atoms with Crippen LogP contribution >= 0.6 is 0 Å². The van der Waals surface area contributed by atoms with Crippen molar-refractivity contribution in [2.75, 3.05) is 18.5 Å². The third-order valence-corrected chi connectivity index (χ3v) is 3.82. The summed E-state index contributed by atoms with van der Waals surface area (Å²) in [4.78, 5) is 4.41. The number of benzene rings is 1. The number of hydrogen-bond donors (Lipinski definition) is 2. The summed E-state index contributed by atoms with van der Waals surface area (Å²) in [5, 5.41) is 11.3. The molecule has 3 rings (SSSR count). The highest BCUT2D eigenvalue weighted by molar-refractivity contribution is 5.73. The number of hydrogen-bond acceptors (Lipinski definition) is 6. The lowest BCUT2D eigenvalue weighted by Crippen LogP contribution is -2.31. The summed E-state index contributed by atoms with van der Waals surface area (Å²) >= 11 is 0. The molecule has 1 heterocycles. The Morgan fingerprint density at radius 2 is 1.86 bits per heavy atom. The minimum Gasteiger partial charge on any atom is -0.376 e. The Morgan fingerprint density at radius 1 is 1.10 bits per heavy atom. The van der Waals surface area contributed by atoms with Crippen LogP contribution < -0.4 is 11.1 Å². The molecule has 0 amide bonds. The Morgan fingerprint density at radius 3 is 2.67 bits per heavy atom. The first-order valence-electron chi connectivity index (χ1n) is 7.52. The molecule has 0 aliphatic heterocycles. The Labute approximate surface area is 124 Å². The molecule has 1 aliphatic rings. The molecule has 0 saturated heterocycles. The number of ether oxygens (including phenoxy) is 1. The second kappa shape index (κ2) is 6.78. The highest BCUT2D eigenvalue weighted by Crippen LogP contribution is 2.19. The number of aromatic nitrogens is 3. The van der Waals surface area contributed by atoms with Crippen LogP contribution in [0.5, 0.6) is 0 Å². The molecule has 1 aromatic carbocycles. The van der Waals surface area contributed by atoms with Crippen LogP contribution in [0.15, 0.2) is 24.3 Å². The molecule has 112 valence electrons. The molecule has 1 aliphatic carbocycles. The van der Waals surface area contributed by atoms with Crippen LogP contribution in [0.3, 0.4) is 0 Å². The van der Waals surface area contributed by atoms with Gasteiger partial charge in [0.2, 0.25) is 5.95 Å². The van der Waals surface area contributed by atoms with Crippen molar-refractivity contribution in [2.24, 2.45) is 5.73 Å². The van der Waals surface area contributed by atoms with Gasteiger partial charge in [-0.1, -0.05) is 12.1 Å². The molecule has 0 atom stereocenters. The van der Waals surface area contributed by atoms with Gasteiger partial charge in [-0.2, -0.15) is 0 Å². The Hall–Kier alpha value is -1.79. The molecular formula is C15H21N5O. The first kappa shape index (κ1) is 14.2. The lowest BCUT2D eigenvalue weighted by Gasteiger charge is -2.26. The summed E-state index contributed by atoms with van der Waals surface area (Å²) < 4.78 is 5.85. The van der Waals surface area contributed by atoms with Gasteiger partial charge in [-0.3, -0.25) is 0 Å². The number of fused-ring (bicyclic) bond motifs is 1.